The van der Waals surface area contributed by atoms with Crippen LogP contribution in [-0.2, 0) is 14.3 Å². The van der Waals surface area contributed by atoms with Gasteiger partial charge in [0.05, 0.1) is 12.3 Å². The molecule has 2 N–H and O–H groups in total. The summed E-state index contributed by atoms with van der Waals surface area (Å²) in [4.78, 5) is 22.4. The van der Waals surface area contributed by atoms with E-state index >= 15 is 0 Å². The Bertz CT molecular complexity index is 489. The van der Waals surface area contributed by atoms with Crippen molar-refractivity contribution in [3.8, 4) is 0 Å². The highest BCUT2D eigenvalue weighted by Crippen LogP contribution is 2.37. The average molecular weight is 300 g/mol. The number of ether oxygens (including phenoxy) is 1. The molecule has 0 radical (unpaired) electrons. The molecular weight excluding hydrogens is 284 g/mol. The second kappa shape index (κ2) is 6.71. The predicted molar refractivity (Wildman–Crippen MR) is 70.5 cm³/mol. The van der Waals surface area contributed by atoms with Crippen LogP contribution in [0.15, 0.2) is 11.5 Å². The van der Waals surface area contributed by atoms with Gasteiger partial charge >= 0.3 is 5.97 Å². The SMILES string of the molecule is COC(CNC(=O)CSc1nncn1C1CC1)C(=O)O. The Morgan fingerprint density at radius 3 is 3.00 bits per heavy atom. The average Bonchev–Trinajstić information content (AvgIpc) is 3.15. The number of carbonyl (C=O) groups is 2. The Balaban J connectivity index is 1.74. The summed E-state index contributed by atoms with van der Waals surface area (Å²) in [5.41, 5.74) is 0. The molecular formula is C11H16N4O4S. The Hall–Kier alpha value is -1.61. The lowest BCUT2D eigenvalue weighted by Gasteiger charge is -2.11. The zero-order chi connectivity index (χ0) is 14.5. The first kappa shape index (κ1) is 14.8. The van der Waals surface area contributed by atoms with E-state index in [-0.39, 0.29) is 18.2 Å². The molecule has 1 atom stereocenters. The molecule has 1 amide bonds. The number of carbonyl (C=O) groups excluding carboxylic acids is 1. The molecule has 1 saturated carbocycles. The van der Waals surface area contributed by atoms with Gasteiger partial charge in [-0.2, -0.15) is 0 Å². The third kappa shape index (κ3) is 3.94. The Morgan fingerprint density at radius 2 is 2.40 bits per heavy atom. The summed E-state index contributed by atoms with van der Waals surface area (Å²) < 4.78 is 6.69. The number of rotatable bonds is 8. The molecule has 0 aliphatic heterocycles. The summed E-state index contributed by atoms with van der Waals surface area (Å²) in [6.45, 7) is -0.0550. The summed E-state index contributed by atoms with van der Waals surface area (Å²) in [5, 5.41) is 19.8. The zero-order valence-electron chi connectivity index (χ0n) is 11.0. The number of hydrogen-bond donors (Lipinski definition) is 2. The van der Waals surface area contributed by atoms with E-state index < -0.39 is 12.1 Å². The fourth-order valence-corrected chi connectivity index (χ4v) is 2.41. The van der Waals surface area contributed by atoms with Crippen molar-refractivity contribution in [2.75, 3.05) is 19.4 Å². The van der Waals surface area contributed by atoms with Crippen LogP contribution in [-0.4, -0.2) is 57.3 Å². The van der Waals surface area contributed by atoms with E-state index in [1.165, 1.54) is 18.9 Å². The highest BCUT2D eigenvalue weighted by atomic mass is 32.2. The van der Waals surface area contributed by atoms with Gasteiger partial charge in [0.15, 0.2) is 11.3 Å². The van der Waals surface area contributed by atoms with Gasteiger partial charge in [0.1, 0.15) is 6.33 Å². The molecule has 1 unspecified atom stereocenters. The smallest absolute Gasteiger partial charge is 0.334 e. The summed E-state index contributed by atoms with van der Waals surface area (Å²) in [6, 6.07) is 0.459. The molecule has 2 rings (SSSR count). The molecule has 0 spiro atoms. The quantitative estimate of drug-likeness (QED) is 0.647. The van der Waals surface area contributed by atoms with Crippen LogP contribution < -0.4 is 5.32 Å². The largest absolute Gasteiger partial charge is 0.479 e. The van der Waals surface area contributed by atoms with Crippen molar-refractivity contribution >= 4 is 23.6 Å². The first-order valence-electron chi connectivity index (χ1n) is 6.16. The van der Waals surface area contributed by atoms with Gasteiger partial charge in [0.25, 0.3) is 0 Å². The van der Waals surface area contributed by atoms with Crippen LogP contribution in [0.4, 0.5) is 0 Å². The molecule has 9 heteroatoms. The number of aliphatic carboxylic acids is 1. The molecule has 1 aliphatic carbocycles. The van der Waals surface area contributed by atoms with E-state index in [4.69, 9.17) is 9.84 Å². The molecule has 110 valence electrons. The lowest BCUT2D eigenvalue weighted by atomic mass is 10.3. The minimum Gasteiger partial charge on any atom is -0.479 e. The zero-order valence-corrected chi connectivity index (χ0v) is 11.8. The molecule has 8 nitrogen and oxygen atoms in total. The molecule has 20 heavy (non-hydrogen) atoms. The van der Waals surface area contributed by atoms with Crippen LogP contribution in [0.2, 0.25) is 0 Å². The molecule has 0 bridgehead atoms. The second-order valence-corrected chi connectivity index (χ2v) is 5.35. The van der Waals surface area contributed by atoms with Gasteiger partial charge in [-0.3, -0.25) is 4.79 Å². The first-order valence-corrected chi connectivity index (χ1v) is 7.15. The maximum Gasteiger partial charge on any atom is 0.334 e. The molecule has 1 aromatic rings. The van der Waals surface area contributed by atoms with E-state index in [1.807, 2.05) is 4.57 Å². The van der Waals surface area contributed by atoms with E-state index in [2.05, 4.69) is 15.5 Å². The first-order chi connectivity index (χ1) is 9.61. The van der Waals surface area contributed by atoms with Crippen molar-refractivity contribution in [3.63, 3.8) is 0 Å². The number of carboxylic acid groups (broad SMARTS) is 1. The summed E-state index contributed by atoms with van der Waals surface area (Å²) in [7, 11) is 1.29. The third-order valence-corrected chi connectivity index (χ3v) is 3.81. The Labute approximate surface area is 119 Å². The minimum atomic E-state index is -1.10. The number of thioether (sulfide) groups is 1. The minimum absolute atomic E-state index is 0.0550. The molecule has 0 aromatic carbocycles. The van der Waals surface area contributed by atoms with Gasteiger partial charge in [0.2, 0.25) is 5.91 Å². The van der Waals surface area contributed by atoms with Gasteiger partial charge in [-0.15, -0.1) is 10.2 Å². The lowest BCUT2D eigenvalue weighted by molar-refractivity contribution is -0.148. The van der Waals surface area contributed by atoms with Crippen LogP contribution in [0.25, 0.3) is 0 Å². The van der Waals surface area contributed by atoms with Gasteiger partial charge in [0, 0.05) is 13.2 Å². The van der Waals surface area contributed by atoms with Crippen molar-refractivity contribution in [1.29, 1.82) is 0 Å². The van der Waals surface area contributed by atoms with Gasteiger partial charge in [-0.1, -0.05) is 11.8 Å². The van der Waals surface area contributed by atoms with Crippen LogP contribution in [0.5, 0.6) is 0 Å². The highest BCUT2D eigenvalue weighted by Gasteiger charge is 2.26. The Morgan fingerprint density at radius 1 is 1.65 bits per heavy atom. The number of nitrogens with zero attached hydrogens (tertiary/aromatic N) is 3. The van der Waals surface area contributed by atoms with Crippen molar-refractivity contribution in [2.45, 2.75) is 30.1 Å². The predicted octanol–water partition coefficient (Wildman–Crippen LogP) is -0.0791. The van der Waals surface area contributed by atoms with E-state index in [0.717, 1.165) is 12.8 Å². The van der Waals surface area contributed by atoms with Crippen LogP contribution in [0, 0.1) is 0 Å². The standard InChI is InChI=1S/C11H16N4O4S/c1-19-8(10(17)18)4-12-9(16)5-20-11-14-13-6-15(11)7-2-3-7/h6-8H,2-5H2,1H3,(H,12,16)(H,17,18). The number of methoxy groups -OCH3 is 1. The highest BCUT2D eigenvalue weighted by molar-refractivity contribution is 7.99. The number of hydrogen-bond acceptors (Lipinski definition) is 6. The summed E-state index contributed by atoms with van der Waals surface area (Å²) in [5.74, 6) is -1.20. The molecule has 1 heterocycles. The lowest BCUT2D eigenvalue weighted by Crippen LogP contribution is -2.38. The fraction of sp³-hybridized carbons (Fsp3) is 0.636. The van der Waals surface area contributed by atoms with Crippen molar-refractivity contribution in [1.82, 2.24) is 20.1 Å². The van der Waals surface area contributed by atoms with Crippen LogP contribution in [0.1, 0.15) is 18.9 Å². The fourth-order valence-electron chi connectivity index (χ4n) is 1.60. The van der Waals surface area contributed by atoms with Crippen molar-refractivity contribution < 1.29 is 19.4 Å². The van der Waals surface area contributed by atoms with Crippen molar-refractivity contribution in [3.05, 3.63) is 6.33 Å². The molecule has 0 saturated heterocycles. The Kier molecular flexibility index (Phi) is 4.96. The second-order valence-electron chi connectivity index (χ2n) is 4.41. The van der Waals surface area contributed by atoms with Crippen molar-refractivity contribution in [2.24, 2.45) is 0 Å². The maximum atomic E-state index is 11.6. The van der Waals surface area contributed by atoms with E-state index in [0.29, 0.717) is 11.2 Å². The maximum absolute atomic E-state index is 11.6. The van der Waals surface area contributed by atoms with Gasteiger partial charge in [-0.05, 0) is 12.8 Å². The van der Waals surface area contributed by atoms with E-state index in [9.17, 15) is 9.59 Å². The molecule has 1 aromatic heterocycles. The molecule has 1 fully saturated rings. The summed E-state index contributed by atoms with van der Waals surface area (Å²) in [6.07, 6.45) is 2.88. The normalized spacial score (nSPS) is 15.8. The third-order valence-electron chi connectivity index (χ3n) is 2.86. The summed E-state index contributed by atoms with van der Waals surface area (Å²) >= 11 is 1.29. The van der Waals surface area contributed by atoms with E-state index in [1.54, 1.807) is 6.33 Å². The topological polar surface area (TPSA) is 106 Å². The van der Waals surface area contributed by atoms with Gasteiger partial charge in [-0.25, -0.2) is 4.79 Å². The number of aromatic nitrogens is 3. The number of amides is 1. The number of carboxylic acids is 1. The van der Waals surface area contributed by atoms with Crippen LogP contribution >= 0.6 is 11.8 Å². The monoisotopic (exact) mass is 300 g/mol. The number of nitrogens with one attached hydrogen (secondary N) is 1. The van der Waals surface area contributed by atoms with Crippen LogP contribution in [0.3, 0.4) is 0 Å². The molecule has 1 aliphatic rings. The van der Waals surface area contributed by atoms with Gasteiger partial charge < -0.3 is 19.7 Å².